The van der Waals surface area contributed by atoms with Crippen LogP contribution in [0.15, 0.2) is 5.38 Å². The third kappa shape index (κ3) is 2.25. The Morgan fingerprint density at radius 2 is 2.32 bits per heavy atom. The minimum absolute atomic E-state index is 0.219. The molecule has 2 aliphatic rings. The van der Waals surface area contributed by atoms with Crippen molar-refractivity contribution in [2.24, 2.45) is 11.8 Å². The van der Waals surface area contributed by atoms with Crippen molar-refractivity contribution in [1.29, 1.82) is 0 Å². The Labute approximate surface area is 121 Å². The van der Waals surface area contributed by atoms with Gasteiger partial charge in [-0.15, -0.1) is 11.3 Å². The molecule has 0 saturated heterocycles. The van der Waals surface area contributed by atoms with E-state index in [-0.39, 0.29) is 5.54 Å². The molecule has 1 heterocycles. The minimum atomic E-state index is 0.219. The largest absolute Gasteiger partial charge is 0.305 e. The molecule has 1 N–H and O–H groups in total. The zero-order chi connectivity index (χ0) is 13.5. The van der Waals surface area contributed by atoms with Crippen LogP contribution < -0.4 is 5.32 Å². The lowest BCUT2D eigenvalue weighted by atomic mass is 9.81. The predicted molar refractivity (Wildman–Crippen MR) is 81.6 cm³/mol. The van der Waals surface area contributed by atoms with Gasteiger partial charge < -0.3 is 5.32 Å². The lowest BCUT2D eigenvalue weighted by Gasteiger charge is -2.37. The second kappa shape index (κ2) is 5.17. The van der Waals surface area contributed by atoms with Crippen LogP contribution in [0.1, 0.15) is 69.5 Å². The van der Waals surface area contributed by atoms with Gasteiger partial charge in [-0.1, -0.05) is 27.2 Å². The van der Waals surface area contributed by atoms with Crippen molar-refractivity contribution in [3.8, 4) is 0 Å². The summed E-state index contributed by atoms with van der Waals surface area (Å²) in [5.74, 6) is 2.32. The molecular formula is C16H26N2S. The van der Waals surface area contributed by atoms with Crippen LogP contribution in [0.2, 0.25) is 0 Å². The van der Waals surface area contributed by atoms with Gasteiger partial charge in [-0.25, -0.2) is 4.98 Å². The Morgan fingerprint density at radius 1 is 1.47 bits per heavy atom. The quantitative estimate of drug-likeness (QED) is 0.869. The first-order valence-corrected chi connectivity index (χ1v) is 8.74. The van der Waals surface area contributed by atoms with E-state index in [9.17, 15) is 0 Å². The Morgan fingerprint density at radius 3 is 2.84 bits per heavy atom. The molecule has 3 unspecified atom stereocenters. The molecule has 2 fully saturated rings. The van der Waals surface area contributed by atoms with E-state index in [1.165, 1.54) is 42.8 Å². The zero-order valence-electron chi connectivity index (χ0n) is 12.4. The lowest BCUT2D eigenvalue weighted by Crippen LogP contribution is -2.47. The van der Waals surface area contributed by atoms with Crippen LogP contribution in [0.4, 0.5) is 0 Å². The van der Waals surface area contributed by atoms with Crippen molar-refractivity contribution in [3.63, 3.8) is 0 Å². The molecule has 2 saturated carbocycles. The summed E-state index contributed by atoms with van der Waals surface area (Å²) in [5, 5.41) is 7.54. The molecule has 106 valence electrons. The molecule has 3 heteroatoms. The van der Waals surface area contributed by atoms with Gasteiger partial charge in [0.15, 0.2) is 0 Å². The summed E-state index contributed by atoms with van der Waals surface area (Å²) in [6.07, 6.45) is 6.80. The maximum absolute atomic E-state index is 4.99. The van der Waals surface area contributed by atoms with Crippen LogP contribution in [-0.2, 0) is 5.54 Å². The van der Waals surface area contributed by atoms with Crippen LogP contribution in [0.3, 0.4) is 0 Å². The standard InChI is InChI=1S/C16H26N2S/c1-4-7-17-16(9-12-5-6-13(16)8-12)15-18-14(10-19-15)11(2)3/h10-13,17H,4-9H2,1-3H3. The van der Waals surface area contributed by atoms with Crippen molar-refractivity contribution in [3.05, 3.63) is 16.1 Å². The van der Waals surface area contributed by atoms with Gasteiger partial charge in [-0.05, 0) is 50.0 Å². The van der Waals surface area contributed by atoms with E-state index in [1.807, 2.05) is 11.3 Å². The fourth-order valence-electron chi connectivity index (χ4n) is 3.99. The maximum atomic E-state index is 4.99. The summed E-state index contributed by atoms with van der Waals surface area (Å²) < 4.78 is 0. The number of fused-ring (bicyclic) bond motifs is 2. The van der Waals surface area contributed by atoms with Crippen molar-refractivity contribution in [1.82, 2.24) is 10.3 Å². The molecule has 0 aromatic carbocycles. The van der Waals surface area contributed by atoms with Crippen LogP contribution >= 0.6 is 11.3 Å². The maximum Gasteiger partial charge on any atom is 0.113 e. The van der Waals surface area contributed by atoms with Gasteiger partial charge in [0.1, 0.15) is 5.01 Å². The molecule has 0 spiro atoms. The van der Waals surface area contributed by atoms with Gasteiger partial charge in [0.25, 0.3) is 0 Å². The van der Waals surface area contributed by atoms with E-state index < -0.39 is 0 Å². The number of nitrogens with one attached hydrogen (secondary N) is 1. The molecule has 19 heavy (non-hydrogen) atoms. The predicted octanol–water partition coefficient (Wildman–Crippen LogP) is 4.28. The molecule has 0 amide bonds. The second-order valence-corrected chi connectivity index (χ2v) is 7.57. The highest BCUT2D eigenvalue weighted by Crippen LogP contribution is 2.56. The molecule has 1 aromatic heterocycles. The topological polar surface area (TPSA) is 24.9 Å². The Bertz CT molecular complexity index is 440. The fourth-order valence-corrected chi connectivity index (χ4v) is 5.24. The zero-order valence-corrected chi connectivity index (χ0v) is 13.2. The number of thiazole rings is 1. The highest BCUT2D eigenvalue weighted by Gasteiger charge is 2.53. The van der Waals surface area contributed by atoms with Gasteiger partial charge >= 0.3 is 0 Å². The number of aromatic nitrogens is 1. The van der Waals surface area contributed by atoms with Crippen LogP contribution in [-0.4, -0.2) is 11.5 Å². The first kappa shape index (κ1) is 13.6. The fraction of sp³-hybridized carbons (Fsp3) is 0.812. The molecule has 0 radical (unpaired) electrons. The molecule has 1 aromatic rings. The number of rotatable bonds is 5. The monoisotopic (exact) mass is 278 g/mol. The number of nitrogens with zero attached hydrogens (tertiary/aromatic N) is 1. The summed E-state index contributed by atoms with van der Waals surface area (Å²) in [6, 6.07) is 0. The van der Waals surface area contributed by atoms with Crippen molar-refractivity contribution >= 4 is 11.3 Å². The van der Waals surface area contributed by atoms with Crippen LogP contribution in [0.5, 0.6) is 0 Å². The van der Waals surface area contributed by atoms with Gasteiger partial charge in [-0.2, -0.15) is 0 Å². The third-order valence-corrected chi connectivity index (χ3v) is 6.07. The summed E-state index contributed by atoms with van der Waals surface area (Å²) in [6.45, 7) is 7.87. The summed E-state index contributed by atoms with van der Waals surface area (Å²) in [7, 11) is 0. The van der Waals surface area contributed by atoms with Crippen molar-refractivity contribution in [2.45, 2.75) is 64.3 Å². The Kier molecular flexibility index (Phi) is 3.69. The molecule has 3 atom stereocenters. The minimum Gasteiger partial charge on any atom is -0.305 e. The van der Waals surface area contributed by atoms with Crippen molar-refractivity contribution < 1.29 is 0 Å². The molecule has 0 aliphatic heterocycles. The normalized spacial score (nSPS) is 33.5. The van der Waals surface area contributed by atoms with Crippen molar-refractivity contribution in [2.75, 3.05) is 6.54 Å². The molecule has 2 nitrogen and oxygen atoms in total. The van der Waals surface area contributed by atoms with E-state index >= 15 is 0 Å². The lowest BCUT2D eigenvalue weighted by molar-refractivity contribution is 0.209. The van der Waals surface area contributed by atoms with E-state index in [0.717, 1.165) is 18.4 Å². The smallest absolute Gasteiger partial charge is 0.113 e. The van der Waals surface area contributed by atoms with Gasteiger partial charge in [0.2, 0.25) is 0 Å². The molecular weight excluding hydrogens is 252 g/mol. The van der Waals surface area contributed by atoms with Gasteiger partial charge in [0, 0.05) is 5.38 Å². The van der Waals surface area contributed by atoms with Crippen LogP contribution in [0.25, 0.3) is 0 Å². The summed E-state index contributed by atoms with van der Waals surface area (Å²) in [5.41, 5.74) is 1.50. The van der Waals surface area contributed by atoms with Crippen LogP contribution in [0, 0.1) is 11.8 Å². The van der Waals surface area contributed by atoms with E-state index in [2.05, 4.69) is 31.5 Å². The highest BCUT2D eigenvalue weighted by molar-refractivity contribution is 7.09. The Balaban J connectivity index is 1.90. The first-order valence-electron chi connectivity index (χ1n) is 7.86. The number of hydrogen-bond acceptors (Lipinski definition) is 3. The average Bonchev–Trinajstić information content (AvgIpc) is 3.10. The van der Waals surface area contributed by atoms with E-state index in [0.29, 0.717) is 5.92 Å². The SMILES string of the molecule is CCCNC1(c2nc(C(C)C)cs2)CC2CCC1C2. The summed E-state index contributed by atoms with van der Waals surface area (Å²) >= 11 is 1.89. The van der Waals surface area contributed by atoms with E-state index in [1.54, 1.807) is 0 Å². The average molecular weight is 278 g/mol. The molecule has 2 aliphatic carbocycles. The second-order valence-electron chi connectivity index (χ2n) is 6.71. The van der Waals surface area contributed by atoms with Gasteiger partial charge in [0.05, 0.1) is 11.2 Å². The number of hydrogen-bond donors (Lipinski definition) is 1. The summed E-state index contributed by atoms with van der Waals surface area (Å²) in [4.78, 5) is 4.99. The highest BCUT2D eigenvalue weighted by atomic mass is 32.1. The molecule has 3 rings (SSSR count). The van der Waals surface area contributed by atoms with Gasteiger partial charge in [-0.3, -0.25) is 0 Å². The third-order valence-electron chi connectivity index (χ3n) is 5.03. The first-order chi connectivity index (χ1) is 9.15. The van der Waals surface area contributed by atoms with E-state index in [4.69, 9.17) is 4.98 Å². The molecule has 2 bridgehead atoms. The Hall–Kier alpha value is -0.410.